The summed E-state index contributed by atoms with van der Waals surface area (Å²) in [6.07, 6.45) is 6.51. The Labute approximate surface area is 170 Å². The molecule has 0 saturated carbocycles. The normalized spacial score (nSPS) is 10.7. The number of hydrogen-bond donors (Lipinski definition) is 2. The third-order valence-corrected chi connectivity index (χ3v) is 4.38. The highest BCUT2D eigenvalue weighted by atomic mass is 16.5. The molecule has 0 bridgehead atoms. The fourth-order valence-corrected chi connectivity index (χ4v) is 2.90. The molecule has 4 heteroatoms. The van der Waals surface area contributed by atoms with E-state index < -0.39 is 0 Å². The average Bonchev–Trinajstić information content (AvgIpc) is 2.70. The zero-order valence-electron chi connectivity index (χ0n) is 17.7. The van der Waals surface area contributed by atoms with Crippen molar-refractivity contribution in [2.45, 2.75) is 59.0 Å². The number of hydrogen-bond acceptors (Lipinski definition) is 4. The molecule has 0 spiro atoms. The van der Waals surface area contributed by atoms with Gasteiger partial charge in [-0.05, 0) is 68.8 Å². The molecular formula is C24H36N2O2. The van der Waals surface area contributed by atoms with Crippen molar-refractivity contribution in [3.63, 3.8) is 0 Å². The van der Waals surface area contributed by atoms with Crippen molar-refractivity contribution in [3.8, 4) is 11.5 Å². The third kappa shape index (κ3) is 9.03. The van der Waals surface area contributed by atoms with Crippen LogP contribution >= 0.6 is 0 Å². The van der Waals surface area contributed by atoms with Crippen LogP contribution in [0.4, 0.5) is 11.4 Å². The minimum absolute atomic E-state index is 0.200. The standard InChI is InChI=1S/C24H36N2O2/c1-4-5-6-7-8-19-27-23-13-9-21(10-14-23)25-17-18-26-22-11-15-24(16-12-22)28-20(2)3/h9-16,20,25-26H,4-8,17-19H2,1-3H3. The summed E-state index contributed by atoms with van der Waals surface area (Å²) in [5.74, 6) is 1.85. The molecule has 0 aromatic heterocycles. The summed E-state index contributed by atoms with van der Waals surface area (Å²) in [4.78, 5) is 0. The highest BCUT2D eigenvalue weighted by molar-refractivity contribution is 5.48. The monoisotopic (exact) mass is 384 g/mol. The largest absolute Gasteiger partial charge is 0.494 e. The molecule has 28 heavy (non-hydrogen) atoms. The Hall–Kier alpha value is -2.36. The number of ether oxygens (including phenoxy) is 2. The number of rotatable bonds is 14. The van der Waals surface area contributed by atoms with Crippen molar-refractivity contribution in [2.75, 3.05) is 30.3 Å². The molecular weight excluding hydrogens is 348 g/mol. The average molecular weight is 385 g/mol. The van der Waals surface area contributed by atoms with Crippen LogP contribution in [-0.4, -0.2) is 25.8 Å². The predicted molar refractivity (Wildman–Crippen MR) is 120 cm³/mol. The van der Waals surface area contributed by atoms with Crippen LogP contribution in [0.15, 0.2) is 48.5 Å². The predicted octanol–water partition coefficient (Wildman–Crippen LogP) is 6.35. The number of nitrogens with one attached hydrogen (secondary N) is 2. The van der Waals surface area contributed by atoms with Gasteiger partial charge >= 0.3 is 0 Å². The highest BCUT2D eigenvalue weighted by Crippen LogP contribution is 2.18. The lowest BCUT2D eigenvalue weighted by atomic mass is 10.2. The minimum atomic E-state index is 0.200. The summed E-state index contributed by atoms with van der Waals surface area (Å²) in [5.41, 5.74) is 2.21. The van der Waals surface area contributed by atoms with E-state index in [0.717, 1.165) is 49.0 Å². The maximum Gasteiger partial charge on any atom is 0.119 e. The molecule has 0 aliphatic rings. The molecule has 0 heterocycles. The third-order valence-electron chi connectivity index (χ3n) is 4.38. The maximum atomic E-state index is 5.81. The van der Waals surface area contributed by atoms with Crippen molar-refractivity contribution in [1.29, 1.82) is 0 Å². The van der Waals surface area contributed by atoms with Crippen LogP contribution in [-0.2, 0) is 0 Å². The lowest BCUT2D eigenvalue weighted by Gasteiger charge is -2.12. The highest BCUT2D eigenvalue weighted by Gasteiger charge is 1.99. The SMILES string of the molecule is CCCCCCCOc1ccc(NCCNc2ccc(OC(C)C)cc2)cc1. The molecule has 0 unspecified atom stereocenters. The van der Waals surface area contributed by atoms with E-state index in [0.29, 0.717) is 0 Å². The van der Waals surface area contributed by atoms with Crippen LogP contribution in [0.2, 0.25) is 0 Å². The smallest absolute Gasteiger partial charge is 0.119 e. The van der Waals surface area contributed by atoms with E-state index in [-0.39, 0.29) is 6.10 Å². The van der Waals surface area contributed by atoms with Gasteiger partial charge in [0.15, 0.2) is 0 Å². The second kappa shape index (κ2) is 12.9. The maximum absolute atomic E-state index is 5.81. The second-order valence-corrected chi connectivity index (χ2v) is 7.33. The number of benzene rings is 2. The molecule has 0 amide bonds. The fraction of sp³-hybridized carbons (Fsp3) is 0.500. The Balaban J connectivity index is 1.60. The van der Waals surface area contributed by atoms with E-state index in [1.807, 2.05) is 50.2 Å². The summed E-state index contributed by atoms with van der Waals surface area (Å²) < 4.78 is 11.5. The lowest BCUT2D eigenvalue weighted by molar-refractivity contribution is 0.242. The molecule has 2 N–H and O–H groups in total. The van der Waals surface area contributed by atoms with Gasteiger partial charge in [0, 0.05) is 24.5 Å². The van der Waals surface area contributed by atoms with Gasteiger partial charge in [-0.2, -0.15) is 0 Å². The Morgan fingerprint density at radius 3 is 1.79 bits per heavy atom. The first kappa shape index (κ1) is 21.9. The van der Waals surface area contributed by atoms with E-state index >= 15 is 0 Å². The van der Waals surface area contributed by atoms with Crippen LogP contribution in [0.5, 0.6) is 11.5 Å². The fourth-order valence-electron chi connectivity index (χ4n) is 2.90. The van der Waals surface area contributed by atoms with Crippen molar-refractivity contribution in [3.05, 3.63) is 48.5 Å². The Morgan fingerprint density at radius 2 is 1.25 bits per heavy atom. The molecule has 2 aromatic rings. The molecule has 0 radical (unpaired) electrons. The quantitative estimate of drug-likeness (QED) is 0.373. The molecule has 2 aromatic carbocycles. The van der Waals surface area contributed by atoms with Gasteiger partial charge in [-0.25, -0.2) is 0 Å². The number of anilines is 2. The zero-order valence-corrected chi connectivity index (χ0v) is 17.7. The van der Waals surface area contributed by atoms with Gasteiger partial charge in [-0.1, -0.05) is 32.6 Å². The summed E-state index contributed by atoms with van der Waals surface area (Å²) in [6.45, 7) is 8.81. The van der Waals surface area contributed by atoms with Crippen LogP contribution in [0, 0.1) is 0 Å². The first-order valence-corrected chi connectivity index (χ1v) is 10.6. The van der Waals surface area contributed by atoms with Gasteiger partial charge in [0.05, 0.1) is 12.7 Å². The van der Waals surface area contributed by atoms with Crippen molar-refractivity contribution < 1.29 is 9.47 Å². The van der Waals surface area contributed by atoms with Gasteiger partial charge in [0.25, 0.3) is 0 Å². The Morgan fingerprint density at radius 1 is 0.714 bits per heavy atom. The van der Waals surface area contributed by atoms with Gasteiger partial charge < -0.3 is 20.1 Å². The van der Waals surface area contributed by atoms with Crippen LogP contribution < -0.4 is 20.1 Å². The molecule has 154 valence electrons. The number of unbranched alkanes of at least 4 members (excludes halogenated alkanes) is 4. The first-order valence-electron chi connectivity index (χ1n) is 10.6. The summed E-state index contributed by atoms with van der Waals surface area (Å²) in [6, 6.07) is 16.3. The zero-order chi connectivity index (χ0) is 20.0. The molecule has 4 nitrogen and oxygen atoms in total. The minimum Gasteiger partial charge on any atom is -0.494 e. The van der Waals surface area contributed by atoms with Crippen molar-refractivity contribution in [2.24, 2.45) is 0 Å². The van der Waals surface area contributed by atoms with E-state index in [1.165, 1.54) is 25.7 Å². The summed E-state index contributed by atoms with van der Waals surface area (Å²) >= 11 is 0. The first-order chi connectivity index (χ1) is 13.7. The topological polar surface area (TPSA) is 42.5 Å². The van der Waals surface area contributed by atoms with Crippen molar-refractivity contribution >= 4 is 11.4 Å². The molecule has 0 aliphatic heterocycles. The van der Waals surface area contributed by atoms with Crippen molar-refractivity contribution in [1.82, 2.24) is 0 Å². The summed E-state index contributed by atoms with van der Waals surface area (Å²) in [7, 11) is 0. The lowest BCUT2D eigenvalue weighted by Crippen LogP contribution is -2.13. The molecule has 2 rings (SSSR count). The molecule has 0 aliphatic carbocycles. The second-order valence-electron chi connectivity index (χ2n) is 7.33. The Bertz CT molecular complexity index is 639. The van der Waals surface area contributed by atoms with E-state index in [4.69, 9.17) is 9.47 Å². The molecule has 0 saturated heterocycles. The van der Waals surface area contributed by atoms with Gasteiger partial charge in [-0.15, -0.1) is 0 Å². The van der Waals surface area contributed by atoms with Crippen LogP contribution in [0.1, 0.15) is 52.9 Å². The Kier molecular flexibility index (Phi) is 10.1. The van der Waals surface area contributed by atoms with Gasteiger partial charge in [0.2, 0.25) is 0 Å². The van der Waals surface area contributed by atoms with Gasteiger partial charge in [-0.3, -0.25) is 0 Å². The van der Waals surface area contributed by atoms with E-state index in [9.17, 15) is 0 Å². The van der Waals surface area contributed by atoms with E-state index in [1.54, 1.807) is 0 Å². The van der Waals surface area contributed by atoms with Crippen LogP contribution in [0.3, 0.4) is 0 Å². The van der Waals surface area contributed by atoms with Crippen LogP contribution in [0.25, 0.3) is 0 Å². The van der Waals surface area contributed by atoms with Gasteiger partial charge in [0.1, 0.15) is 11.5 Å². The van der Waals surface area contributed by atoms with E-state index in [2.05, 4.69) is 29.7 Å². The summed E-state index contributed by atoms with van der Waals surface area (Å²) in [5, 5.41) is 6.84. The molecule has 0 fully saturated rings. The molecule has 0 atom stereocenters.